The normalized spacial score (nSPS) is 23.1. The van der Waals surface area contributed by atoms with Crippen molar-refractivity contribution in [3.05, 3.63) is 29.3 Å². The van der Waals surface area contributed by atoms with Crippen molar-refractivity contribution >= 4 is 5.91 Å². The van der Waals surface area contributed by atoms with E-state index in [0.717, 1.165) is 12.1 Å². The molecule has 1 saturated carbocycles. The number of phenols is 1. The van der Waals surface area contributed by atoms with Gasteiger partial charge in [0, 0.05) is 12.1 Å². The quantitative estimate of drug-likeness (QED) is 0.877. The van der Waals surface area contributed by atoms with Crippen molar-refractivity contribution in [3.8, 4) is 5.75 Å². The Morgan fingerprint density at radius 3 is 2.79 bits per heavy atom. The standard InChI is InChI=1S/C16H23NO2/c1-11-5-3-4-6-14(11)10-17-16(19)13-8-7-12(2)15(18)9-13/h7-9,11,14,18H,3-6,10H2,1-2H3,(H,17,19). The fourth-order valence-corrected chi connectivity index (χ4v) is 2.77. The third kappa shape index (κ3) is 3.49. The van der Waals surface area contributed by atoms with E-state index in [0.29, 0.717) is 17.4 Å². The summed E-state index contributed by atoms with van der Waals surface area (Å²) in [5.74, 6) is 1.38. The Kier molecular flexibility index (Phi) is 4.46. The van der Waals surface area contributed by atoms with Gasteiger partial charge in [-0.3, -0.25) is 4.79 Å². The van der Waals surface area contributed by atoms with E-state index in [1.54, 1.807) is 12.1 Å². The fraction of sp³-hybridized carbons (Fsp3) is 0.562. The molecular weight excluding hydrogens is 238 g/mol. The van der Waals surface area contributed by atoms with Crippen LogP contribution in [0.15, 0.2) is 18.2 Å². The molecule has 0 radical (unpaired) electrons. The number of carbonyl (C=O) groups is 1. The Labute approximate surface area is 115 Å². The van der Waals surface area contributed by atoms with Gasteiger partial charge in [-0.15, -0.1) is 0 Å². The average Bonchev–Trinajstić information content (AvgIpc) is 2.40. The van der Waals surface area contributed by atoms with Crippen LogP contribution in [0, 0.1) is 18.8 Å². The van der Waals surface area contributed by atoms with Gasteiger partial charge in [0.15, 0.2) is 0 Å². The third-order valence-corrected chi connectivity index (χ3v) is 4.29. The van der Waals surface area contributed by atoms with Crippen molar-refractivity contribution in [2.75, 3.05) is 6.54 Å². The molecule has 1 aliphatic carbocycles. The van der Waals surface area contributed by atoms with E-state index in [1.807, 2.05) is 6.92 Å². The van der Waals surface area contributed by atoms with Crippen LogP contribution in [0.1, 0.15) is 48.5 Å². The van der Waals surface area contributed by atoms with Crippen molar-refractivity contribution < 1.29 is 9.90 Å². The van der Waals surface area contributed by atoms with Gasteiger partial charge < -0.3 is 10.4 Å². The highest BCUT2D eigenvalue weighted by Crippen LogP contribution is 2.29. The minimum absolute atomic E-state index is 0.0897. The maximum Gasteiger partial charge on any atom is 0.251 e. The van der Waals surface area contributed by atoms with Crippen LogP contribution in [0.25, 0.3) is 0 Å². The number of nitrogens with one attached hydrogen (secondary N) is 1. The molecule has 0 aromatic heterocycles. The lowest BCUT2D eigenvalue weighted by Gasteiger charge is -2.28. The topological polar surface area (TPSA) is 49.3 Å². The second kappa shape index (κ2) is 6.09. The largest absolute Gasteiger partial charge is 0.508 e. The summed E-state index contributed by atoms with van der Waals surface area (Å²) in [5.41, 5.74) is 1.32. The minimum atomic E-state index is -0.0897. The molecule has 2 atom stereocenters. The molecule has 2 unspecified atom stereocenters. The lowest BCUT2D eigenvalue weighted by atomic mass is 9.80. The molecule has 0 spiro atoms. The summed E-state index contributed by atoms with van der Waals surface area (Å²) in [7, 11) is 0. The number of hydrogen-bond acceptors (Lipinski definition) is 2. The van der Waals surface area contributed by atoms with Crippen LogP contribution in [0.4, 0.5) is 0 Å². The predicted octanol–water partition coefficient (Wildman–Crippen LogP) is 3.26. The van der Waals surface area contributed by atoms with Gasteiger partial charge in [-0.05, 0) is 42.9 Å². The van der Waals surface area contributed by atoms with Gasteiger partial charge >= 0.3 is 0 Å². The zero-order chi connectivity index (χ0) is 13.8. The van der Waals surface area contributed by atoms with Gasteiger partial charge in [-0.2, -0.15) is 0 Å². The summed E-state index contributed by atoms with van der Waals surface area (Å²) in [6.07, 6.45) is 5.07. The first kappa shape index (κ1) is 13.9. The first-order valence-electron chi connectivity index (χ1n) is 7.15. The second-order valence-electron chi connectivity index (χ2n) is 5.73. The molecule has 3 nitrogen and oxygen atoms in total. The minimum Gasteiger partial charge on any atom is -0.508 e. The first-order valence-corrected chi connectivity index (χ1v) is 7.15. The molecule has 0 bridgehead atoms. The average molecular weight is 261 g/mol. The first-order chi connectivity index (χ1) is 9.08. The van der Waals surface area contributed by atoms with Crippen LogP contribution < -0.4 is 5.32 Å². The maximum absolute atomic E-state index is 12.0. The molecule has 0 heterocycles. The van der Waals surface area contributed by atoms with E-state index >= 15 is 0 Å². The molecule has 3 heteroatoms. The van der Waals surface area contributed by atoms with Gasteiger partial charge in [-0.1, -0.05) is 32.3 Å². The summed E-state index contributed by atoms with van der Waals surface area (Å²) in [6, 6.07) is 5.07. The molecule has 1 aromatic rings. The Morgan fingerprint density at radius 1 is 1.37 bits per heavy atom. The van der Waals surface area contributed by atoms with Crippen molar-refractivity contribution in [1.82, 2.24) is 5.32 Å². The summed E-state index contributed by atoms with van der Waals surface area (Å²) in [4.78, 5) is 12.0. The molecule has 19 heavy (non-hydrogen) atoms. The Hall–Kier alpha value is -1.51. The van der Waals surface area contributed by atoms with Crippen LogP contribution in [-0.4, -0.2) is 17.6 Å². The van der Waals surface area contributed by atoms with Crippen LogP contribution in [-0.2, 0) is 0 Å². The van der Waals surface area contributed by atoms with E-state index in [-0.39, 0.29) is 11.7 Å². The van der Waals surface area contributed by atoms with E-state index in [2.05, 4.69) is 12.2 Å². The fourth-order valence-electron chi connectivity index (χ4n) is 2.77. The van der Waals surface area contributed by atoms with E-state index < -0.39 is 0 Å². The summed E-state index contributed by atoms with van der Waals surface area (Å²) >= 11 is 0. The molecule has 2 N–H and O–H groups in total. The number of rotatable bonds is 3. The molecule has 1 aliphatic rings. The lowest BCUT2D eigenvalue weighted by Crippen LogP contribution is -2.33. The summed E-state index contributed by atoms with van der Waals surface area (Å²) in [5, 5.41) is 12.6. The molecule has 1 aromatic carbocycles. The molecule has 0 aliphatic heterocycles. The van der Waals surface area contributed by atoms with Gasteiger partial charge in [0.25, 0.3) is 5.91 Å². The Morgan fingerprint density at radius 2 is 2.11 bits per heavy atom. The van der Waals surface area contributed by atoms with Crippen molar-refractivity contribution in [2.45, 2.75) is 39.5 Å². The number of phenolic OH excluding ortho intramolecular Hbond substituents is 1. The van der Waals surface area contributed by atoms with E-state index in [9.17, 15) is 9.90 Å². The van der Waals surface area contributed by atoms with Gasteiger partial charge in [0.2, 0.25) is 0 Å². The zero-order valence-corrected chi connectivity index (χ0v) is 11.8. The van der Waals surface area contributed by atoms with Gasteiger partial charge in [0.1, 0.15) is 5.75 Å². The van der Waals surface area contributed by atoms with Gasteiger partial charge in [0.05, 0.1) is 0 Å². The third-order valence-electron chi connectivity index (χ3n) is 4.29. The van der Waals surface area contributed by atoms with Crippen LogP contribution in [0.5, 0.6) is 5.75 Å². The summed E-state index contributed by atoms with van der Waals surface area (Å²) < 4.78 is 0. The van der Waals surface area contributed by atoms with Gasteiger partial charge in [-0.25, -0.2) is 0 Å². The van der Waals surface area contributed by atoms with Crippen LogP contribution in [0.2, 0.25) is 0 Å². The smallest absolute Gasteiger partial charge is 0.251 e. The number of amides is 1. The number of hydrogen-bond donors (Lipinski definition) is 2. The zero-order valence-electron chi connectivity index (χ0n) is 11.8. The highest BCUT2D eigenvalue weighted by molar-refractivity contribution is 5.94. The van der Waals surface area contributed by atoms with Crippen molar-refractivity contribution in [1.29, 1.82) is 0 Å². The highest BCUT2D eigenvalue weighted by Gasteiger charge is 2.21. The second-order valence-corrected chi connectivity index (χ2v) is 5.73. The van der Waals surface area contributed by atoms with Crippen LogP contribution >= 0.6 is 0 Å². The number of benzene rings is 1. The van der Waals surface area contributed by atoms with E-state index in [1.165, 1.54) is 31.7 Å². The monoisotopic (exact) mass is 261 g/mol. The van der Waals surface area contributed by atoms with E-state index in [4.69, 9.17) is 0 Å². The molecule has 0 saturated heterocycles. The molecular formula is C16H23NO2. The van der Waals surface area contributed by atoms with Crippen molar-refractivity contribution in [2.24, 2.45) is 11.8 Å². The van der Waals surface area contributed by atoms with Crippen molar-refractivity contribution in [3.63, 3.8) is 0 Å². The Bertz CT molecular complexity index is 456. The summed E-state index contributed by atoms with van der Waals surface area (Å²) in [6.45, 7) is 4.84. The number of aryl methyl sites for hydroxylation is 1. The number of carbonyl (C=O) groups excluding carboxylic acids is 1. The number of aromatic hydroxyl groups is 1. The molecule has 1 fully saturated rings. The van der Waals surface area contributed by atoms with Crippen LogP contribution in [0.3, 0.4) is 0 Å². The lowest BCUT2D eigenvalue weighted by molar-refractivity contribution is 0.0936. The highest BCUT2D eigenvalue weighted by atomic mass is 16.3. The SMILES string of the molecule is Cc1ccc(C(=O)NCC2CCCCC2C)cc1O. The molecule has 2 rings (SSSR count). The molecule has 1 amide bonds. The maximum atomic E-state index is 12.0. The molecule has 104 valence electrons. The predicted molar refractivity (Wildman–Crippen MR) is 76.3 cm³/mol. The Balaban J connectivity index is 1.91.